The number of nitriles is 1. The highest BCUT2D eigenvalue weighted by molar-refractivity contribution is 7.89. The van der Waals surface area contributed by atoms with Gasteiger partial charge in [0.15, 0.2) is 5.75 Å². The van der Waals surface area contributed by atoms with Gasteiger partial charge in [0.2, 0.25) is 10.0 Å². The van der Waals surface area contributed by atoms with Gasteiger partial charge < -0.3 is 9.64 Å². The number of nitrogens with two attached hydrogens (primary N) is 1. The van der Waals surface area contributed by atoms with E-state index in [0.29, 0.717) is 17.0 Å². The maximum Gasteiger partial charge on any atom is 0.241 e. The molecule has 2 N–H and O–H groups in total. The Balaban J connectivity index is 2.68. The lowest BCUT2D eigenvalue weighted by atomic mass is 10.1. The normalized spacial score (nSPS) is 11.1. The summed E-state index contributed by atoms with van der Waals surface area (Å²) in [5.74, 6) is 0.741. The molecular weight excluding hydrogens is 386 g/mol. The summed E-state index contributed by atoms with van der Waals surface area (Å²) in [6, 6.07) is 14.4. The van der Waals surface area contributed by atoms with Gasteiger partial charge in [-0.25, -0.2) is 13.6 Å². The predicted octanol–water partition coefficient (Wildman–Crippen LogP) is 4.60. The fourth-order valence-corrected chi connectivity index (χ4v) is 3.76. The third-order valence-corrected chi connectivity index (χ3v) is 5.47. The molecule has 29 heavy (non-hydrogen) atoms. The predicted molar refractivity (Wildman–Crippen MR) is 116 cm³/mol. The Hall–Kier alpha value is -2.56. The summed E-state index contributed by atoms with van der Waals surface area (Å²) in [6.07, 6.45) is 4.04. The molecule has 0 radical (unpaired) electrons. The van der Waals surface area contributed by atoms with Crippen molar-refractivity contribution < 1.29 is 13.2 Å². The molecule has 0 unspecified atom stereocenters. The Morgan fingerprint density at radius 1 is 1.07 bits per heavy atom. The van der Waals surface area contributed by atoms with E-state index in [0.717, 1.165) is 38.8 Å². The first kappa shape index (κ1) is 22.7. The van der Waals surface area contributed by atoms with Crippen LogP contribution in [0.5, 0.6) is 11.5 Å². The highest BCUT2D eigenvalue weighted by atomic mass is 32.2. The minimum Gasteiger partial charge on any atom is -0.454 e. The van der Waals surface area contributed by atoms with E-state index in [1.165, 1.54) is 6.07 Å². The first-order valence-electron chi connectivity index (χ1n) is 9.95. The van der Waals surface area contributed by atoms with Crippen molar-refractivity contribution in [3.8, 4) is 17.6 Å². The fraction of sp³-hybridized carbons (Fsp3) is 0.409. The summed E-state index contributed by atoms with van der Waals surface area (Å²) in [7, 11) is -4.05. The van der Waals surface area contributed by atoms with Crippen LogP contribution >= 0.6 is 0 Å². The number of primary sulfonamides is 1. The largest absolute Gasteiger partial charge is 0.454 e. The number of rotatable bonds is 11. The van der Waals surface area contributed by atoms with Crippen LogP contribution in [0.25, 0.3) is 0 Å². The summed E-state index contributed by atoms with van der Waals surface area (Å²) in [4.78, 5) is 2.04. The number of sulfonamides is 1. The molecule has 0 saturated heterocycles. The molecule has 0 heterocycles. The Morgan fingerprint density at radius 2 is 1.69 bits per heavy atom. The van der Waals surface area contributed by atoms with Crippen molar-refractivity contribution in [1.82, 2.24) is 0 Å². The van der Waals surface area contributed by atoms with Crippen LogP contribution in [0.1, 0.15) is 45.1 Å². The Morgan fingerprint density at radius 3 is 2.21 bits per heavy atom. The lowest BCUT2D eigenvalue weighted by molar-refractivity contribution is 0.465. The van der Waals surface area contributed by atoms with Gasteiger partial charge >= 0.3 is 0 Å². The zero-order chi connectivity index (χ0) is 21.3. The fourth-order valence-electron chi connectivity index (χ4n) is 3.04. The SMILES string of the molecule is CCCCN(CCCC)c1cc(CC#N)cc(S(N)(=O)=O)c1Oc1ccccc1. The maximum absolute atomic E-state index is 12.4. The molecule has 0 spiro atoms. The van der Waals surface area contributed by atoms with Crippen molar-refractivity contribution in [2.75, 3.05) is 18.0 Å². The Labute approximate surface area is 174 Å². The number of ether oxygens (including phenoxy) is 1. The lowest BCUT2D eigenvalue weighted by Gasteiger charge is -2.28. The first-order chi connectivity index (χ1) is 13.9. The molecule has 0 fully saturated rings. The number of hydrogen-bond donors (Lipinski definition) is 1. The molecule has 2 aromatic carbocycles. The molecule has 0 bridgehead atoms. The van der Waals surface area contributed by atoms with Gasteiger partial charge in [-0.05, 0) is 42.7 Å². The average Bonchev–Trinajstić information content (AvgIpc) is 2.69. The number of nitrogens with zero attached hydrogens (tertiary/aromatic N) is 2. The van der Waals surface area contributed by atoms with E-state index in [4.69, 9.17) is 15.1 Å². The standard InChI is InChI=1S/C22H29N3O3S/c1-3-5-14-25(15-6-4-2)20-16-18(12-13-23)17-21(29(24,26)27)22(20)28-19-10-8-7-9-11-19/h7-11,16-17H,3-6,12,14-15H2,1-2H3,(H2,24,26,27). The molecule has 2 rings (SSSR count). The Kier molecular flexibility index (Phi) is 8.50. The highest BCUT2D eigenvalue weighted by Gasteiger charge is 2.24. The maximum atomic E-state index is 12.4. The molecule has 7 heteroatoms. The molecule has 2 aromatic rings. The summed E-state index contributed by atoms with van der Waals surface area (Å²) in [5.41, 5.74) is 1.26. The van der Waals surface area contributed by atoms with E-state index >= 15 is 0 Å². The lowest BCUT2D eigenvalue weighted by Crippen LogP contribution is -2.27. The molecule has 0 aliphatic rings. The molecule has 6 nitrogen and oxygen atoms in total. The van der Waals surface area contributed by atoms with Crippen LogP contribution < -0.4 is 14.8 Å². The smallest absolute Gasteiger partial charge is 0.241 e. The van der Waals surface area contributed by atoms with Crippen molar-refractivity contribution in [1.29, 1.82) is 5.26 Å². The van der Waals surface area contributed by atoms with Crippen LogP contribution in [0.4, 0.5) is 5.69 Å². The number of unbranched alkanes of at least 4 members (excludes halogenated alkanes) is 2. The van der Waals surface area contributed by atoms with Gasteiger partial charge in [0.25, 0.3) is 0 Å². The Bertz CT molecular complexity index is 930. The molecule has 0 amide bonds. The topological polar surface area (TPSA) is 96.4 Å². The van der Waals surface area contributed by atoms with Crippen molar-refractivity contribution in [2.45, 2.75) is 50.8 Å². The van der Waals surface area contributed by atoms with Crippen molar-refractivity contribution in [3.63, 3.8) is 0 Å². The quantitative estimate of drug-likeness (QED) is 0.578. The van der Waals surface area contributed by atoms with Gasteiger partial charge in [-0.2, -0.15) is 5.26 Å². The van der Waals surface area contributed by atoms with Crippen molar-refractivity contribution in [2.24, 2.45) is 5.14 Å². The molecule has 0 aromatic heterocycles. The molecule has 156 valence electrons. The third kappa shape index (κ3) is 6.48. The van der Waals surface area contributed by atoms with Crippen LogP contribution in [0.15, 0.2) is 47.4 Å². The minimum atomic E-state index is -4.05. The molecule has 0 aliphatic carbocycles. The van der Waals surface area contributed by atoms with E-state index < -0.39 is 10.0 Å². The zero-order valence-electron chi connectivity index (χ0n) is 17.1. The van der Waals surface area contributed by atoms with E-state index in [1.54, 1.807) is 12.1 Å². The van der Waals surface area contributed by atoms with Crippen molar-refractivity contribution >= 4 is 15.7 Å². The van der Waals surface area contributed by atoms with Crippen LogP contribution in [0.2, 0.25) is 0 Å². The van der Waals surface area contributed by atoms with Crippen LogP contribution in [-0.4, -0.2) is 21.5 Å². The summed E-state index contributed by atoms with van der Waals surface area (Å²) >= 11 is 0. The monoisotopic (exact) mass is 415 g/mol. The second-order valence-corrected chi connectivity index (χ2v) is 8.46. The van der Waals surface area contributed by atoms with Crippen LogP contribution in [-0.2, 0) is 16.4 Å². The van der Waals surface area contributed by atoms with Gasteiger partial charge in [0.1, 0.15) is 10.6 Å². The summed E-state index contributed by atoms with van der Waals surface area (Å²) < 4.78 is 30.9. The van der Waals surface area contributed by atoms with Crippen LogP contribution in [0, 0.1) is 11.3 Å². The third-order valence-electron chi connectivity index (χ3n) is 4.55. The minimum absolute atomic E-state index is 0.0938. The second-order valence-electron chi connectivity index (χ2n) is 6.93. The summed E-state index contributed by atoms with van der Waals surface area (Å²) in [6.45, 7) is 5.76. The van der Waals surface area contributed by atoms with Crippen LogP contribution in [0.3, 0.4) is 0 Å². The zero-order valence-corrected chi connectivity index (χ0v) is 17.9. The van der Waals surface area contributed by atoms with Gasteiger partial charge in [-0.3, -0.25) is 0 Å². The summed E-state index contributed by atoms with van der Waals surface area (Å²) in [5, 5.41) is 14.7. The van der Waals surface area contributed by atoms with Gasteiger partial charge in [0, 0.05) is 13.1 Å². The molecular formula is C22H29N3O3S. The number of anilines is 1. The van der Waals surface area contributed by atoms with E-state index in [2.05, 4.69) is 24.8 Å². The first-order valence-corrected chi connectivity index (χ1v) is 11.5. The second kappa shape index (κ2) is 10.8. The number of hydrogen-bond acceptors (Lipinski definition) is 5. The van der Waals surface area contributed by atoms with E-state index in [1.807, 2.05) is 24.3 Å². The van der Waals surface area contributed by atoms with Gasteiger partial charge in [-0.1, -0.05) is 44.9 Å². The molecule has 0 atom stereocenters. The average molecular weight is 416 g/mol. The van der Waals surface area contributed by atoms with Gasteiger partial charge in [0.05, 0.1) is 18.2 Å². The number of para-hydroxylation sites is 1. The van der Waals surface area contributed by atoms with Crippen molar-refractivity contribution in [3.05, 3.63) is 48.0 Å². The van der Waals surface area contributed by atoms with E-state index in [-0.39, 0.29) is 17.1 Å². The highest BCUT2D eigenvalue weighted by Crippen LogP contribution is 2.39. The van der Waals surface area contributed by atoms with Gasteiger partial charge in [-0.15, -0.1) is 0 Å². The molecule has 0 saturated carbocycles. The van der Waals surface area contributed by atoms with E-state index in [9.17, 15) is 8.42 Å². The molecule has 0 aliphatic heterocycles. The number of benzene rings is 2.